The molecule has 2 aromatic carbocycles. The minimum absolute atomic E-state index is 0.161. The summed E-state index contributed by atoms with van der Waals surface area (Å²) in [5, 5.41) is 0. The summed E-state index contributed by atoms with van der Waals surface area (Å²) in [5.41, 5.74) is 2.58. The van der Waals surface area contributed by atoms with Crippen molar-refractivity contribution in [2.24, 2.45) is 5.92 Å². The fourth-order valence-electron chi connectivity index (χ4n) is 2.92. The minimum Gasteiger partial charge on any atom is -0.273 e. The summed E-state index contributed by atoms with van der Waals surface area (Å²) in [6.45, 7) is 4.35. The number of aryl methyl sites for hydroxylation is 1. The number of allylic oxidation sites excluding steroid dienone is 1. The van der Waals surface area contributed by atoms with E-state index in [4.69, 9.17) is 0 Å². The lowest BCUT2D eigenvalue weighted by molar-refractivity contribution is 0.412. The highest BCUT2D eigenvalue weighted by Gasteiger charge is 2.28. The number of rotatable bonds is 3. The van der Waals surface area contributed by atoms with Crippen molar-refractivity contribution in [1.82, 2.24) is 4.31 Å². The van der Waals surface area contributed by atoms with Crippen LogP contribution >= 0.6 is 0 Å². The third-order valence-corrected chi connectivity index (χ3v) is 5.92. The molecule has 3 rings (SSSR count). The molecule has 3 nitrogen and oxygen atoms in total. The second-order valence-electron chi connectivity index (χ2n) is 6.36. The molecule has 0 N–H and O–H groups in total. The lowest BCUT2D eigenvalue weighted by atomic mass is 9.93. The number of hydrogen-bond acceptors (Lipinski definition) is 2. The van der Waals surface area contributed by atoms with Crippen LogP contribution in [0.3, 0.4) is 0 Å². The molecule has 0 aliphatic carbocycles. The molecule has 0 saturated heterocycles. The minimum atomic E-state index is -3.60. The molecule has 1 aliphatic rings. The zero-order valence-electron chi connectivity index (χ0n) is 13.7. The van der Waals surface area contributed by atoms with Crippen molar-refractivity contribution < 1.29 is 12.8 Å². The van der Waals surface area contributed by atoms with E-state index in [1.165, 1.54) is 16.4 Å². The van der Waals surface area contributed by atoms with Gasteiger partial charge in [-0.25, -0.2) is 12.8 Å². The molecule has 1 unspecified atom stereocenters. The van der Waals surface area contributed by atoms with E-state index >= 15 is 0 Å². The molecule has 0 spiro atoms. The summed E-state index contributed by atoms with van der Waals surface area (Å²) in [4.78, 5) is 0.275. The highest BCUT2D eigenvalue weighted by molar-refractivity contribution is 7.89. The summed E-state index contributed by atoms with van der Waals surface area (Å²) >= 11 is 0. The molecule has 0 saturated carbocycles. The smallest absolute Gasteiger partial charge is 0.263 e. The molecule has 24 heavy (non-hydrogen) atoms. The molecule has 0 bridgehead atoms. The van der Waals surface area contributed by atoms with Crippen LogP contribution in [0.5, 0.6) is 0 Å². The van der Waals surface area contributed by atoms with Crippen molar-refractivity contribution >= 4 is 15.6 Å². The van der Waals surface area contributed by atoms with E-state index in [2.05, 4.69) is 0 Å². The number of benzene rings is 2. The van der Waals surface area contributed by atoms with E-state index in [1.54, 1.807) is 36.5 Å². The molecule has 1 atom stereocenters. The Labute approximate surface area is 142 Å². The van der Waals surface area contributed by atoms with Gasteiger partial charge in [0.15, 0.2) is 0 Å². The van der Waals surface area contributed by atoms with Crippen LogP contribution in [0.4, 0.5) is 4.39 Å². The van der Waals surface area contributed by atoms with Gasteiger partial charge in [0.2, 0.25) is 0 Å². The van der Waals surface area contributed by atoms with E-state index in [1.807, 2.05) is 19.9 Å². The number of sulfonamides is 1. The predicted octanol–water partition coefficient (Wildman–Crippen LogP) is 4.21. The van der Waals surface area contributed by atoms with E-state index in [-0.39, 0.29) is 16.6 Å². The van der Waals surface area contributed by atoms with Gasteiger partial charge in [-0.05, 0) is 54.7 Å². The highest BCUT2D eigenvalue weighted by Crippen LogP contribution is 2.31. The Morgan fingerprint density at radius 3 is 2.50 bits per heavy atom. The zero-order chi connectivity index (χ0) is 17.3. The van der Waals surface area contributed by atoms with E-state index in [0.29, 0.717) is 6.54 Å². The topological polar surface area (TPSA) is 37.4 Å². The van der Waals surface area contributed by atoms with Gasteiger partial charge in [0.25, 0.3) is 10.0 Å². The van der Waals surface area contributed by atoms with Crippen LogP contribution in [0.1, 0.15) is 24.5 Å². The predicted molar refractivity (Wildman–Crippen MR) is 93.2 cm³/mol. The van der Waals surface area contributed by atoms with E-state index < -0.39 is 10.0 Å². The van der Waals surface area contributed by atoms with Crippen molar-refractivity contribution in [3.8, 4) is 0 Å². The van der Waals surface area contributed by atoms with Crippen LogP contribution in [-0.4, -0.2) is 19.3 Å². The van der Waals surface area contributed by atoms with Gasteiger partial charge in [0, 0.05) is 12.7 Å². The second-order valence-corrected chi connectivity index (χ2v) is 8.25. The average molecular weight is 345 g/mol. The maximum absolute atomic E-state index is 13.5. The average Bonchev–Trinajstić information content (AvgIpc) is 2.54. The Hall–Kier alpha value is -2.14. The van der Waals surface area contributed by atoms with Crippen molar-refractivity contribution in [1.29, 1.82) is 0 Å². The number of hydrogen-bond donors (Lipinski definition) is 0. The summed E-state index contributed by atoms with van der Waals surface area (Å²) in [6.07, 6.45) is 2.37. The van der Waals surface area contributed by atoms with Gasteiger partial charge in [0.05, 0.1) is 4.90 Å². The van der Waals surface area contributed by atoms with Gasteiger partial charge < -0.3 is 0 Å². The maximum atomic E-state index is 13.5. The fourth-order valence-corrected chi connectivity index (χ4v) is 4.39. The molecule has 126 valence electrons. The van der Waals surface area contributed by atoms with Crippen molar-refractivity contribution in [3.63, 3.8) is 0 Å². The van der Waals surface area contributed by atoms with Crippen LogP contribution in [0.25, 0.3) is 5.57 Å². The Balaban J connectivity index is 2.00. The van der Waals surface area contributed by atoms with Crippen LogP contribution in [0.15, 0.2) is 59.6 Å². The highest BCUT2D eigenvalue weighted by atomic mass is 32.2. The molecule has 5 heteroatoms. The van der Waals surface area contributed by atoms with Crippen LogP contribution < -0.4 is 0 Å². The third-order valence-electron chi connectivity index (χ3n) is 4.18. The Bertz CT molecular complexity index is 872. The third kappa shape index (κ3) is 3.36. The molecule has 0 amide bonds. The molecule has 0 aromatic heterocycles. The normalized spacial score (nSPS) is 18.4. The van der Waals surface area contributed by atoms with Crippen LogP contribution in [0.2, 0.25) is 0 Å². The SMILES string of the molecule is Cc1ccc(S(=O)(=O)N2C=C(c3cccc(F)c3)CC(C)C2)cc1. The molecule has 1 heterocycles. The molecular weight excluding hydrogens is 325 g/mol. The van der Waals surface area contributed by atoms with E-state index in [0.717, 1.165) is 23.1 Å². The monoisotopic (exact) mass is 345 g/mol. The van der Waals surface area contributed by atoms with Gasteiger partial charge in [-0.15, -0.1) is 0 Å². The van der Waals surface area contributed by atoms with Gasteiger partial charge in [-0.3, -0.25) is 4.31 Å². The fraction of sp³-hybridized carbons (Fsp3) is 0.263. The van der Waals surface area contributed by atoms with Crippen molar-refractivity contribution in [3.05, 3.63) is 71.7 Å². The lowest BCUT2D eigenvalue weighted by Gasteiger charge is -2.30. The standard InChI is InChI=1S/C19H20FNO2S/c1-14-6-8-19(9-7-14)24(22,23)21-12-15(2)10-17(13-21)16-4-3-5-18(20)11-16/h3-9,11,13,15H,10,12H2,1-2H3. The quantitative estimate of drug-likeness (QED) is 0.836. The molecular formula is C19H20FNO2S. The first-order chi connectivity index (χ1) is 11.4. The Morgan fingerprint density at radius 2 is 1.83 bits per heavy atom. The summed E-state index contributed by atoms with van der Waals surface area (Å²) < 4.78 is 40.7. The summed E-state index contributed by atoms with van der Waals surface area (Å²) in [6, 6.07) is 13.1. The van der Waals surface area contributed by atoms with Crippen molar-refractivity contribution in [2.45, 2.75) is 25.2 Å². The largest absolute Gasteiger partial charge is 0.273 e. The van der Waals surface area contributed by atoms with Crippen LogP contribution in [0, 0.1) is 18.7 Å². The van der Waals surface area contributed by atoms with Gasteiger partial charge >= 0.3 is 0 Å². The Kier molecular flexibility index (Phi) is 4.45. The van der Waals surface area contributed by atoms with E-state index in [9.17, 15) is 12.8 Å². The van der Waals surface area contributed by atoms with Crippen molar-refractivity contribution in [2.75, 3.05) is 6.54 Å². The van der Waals surface area contributed by atoms with Crippen LogP contribution in [-0.2, 0) is 10.0 Å². The van der Waals surface area contributed by atoms with Gasteiger partial charge in [0.1, 0.15) is 5.82 Å². The first-order valence-electron chi connectivity index (χ1n) is 7.91. The Morgan fingerprint density at radius 1 is 1.12 bits per heavy atom. The molecule has 0 fully saturated rings. The summed E-state index contributed by atoms with van der Waals surface area (Å²) in [5.74, 6) is -0.159. The molecule has 0 radical (unpaired) electrons. The van der Waals surface area contributed by atoms with Gasteiger partial charge in [-0.2, -0.15) is 0 Å². The second kappa shape index (κ2) is 6.40. The first kappa shape index (κ1) is 16.7. The maximum Gasteiger partial charge on any atom is 0.263 e. The molecule has 2 aromatic rings. The summed E-state index contributed by atoms with van der Waals surface area (Å²) in [7, 11) is -3.60. The zero-order valence-corrected chi connectivity index (χ0v) is 14.6. The molecule has 1 aliphatic heterocycles. The van der Waals surface area contributed by atoms with Gasteiger partial charge in [-0.1, -0.05) is 36.8 Å². The number of halogens is 1. The first-order valence-corrected chi connectivity index (χ1v) is 9.35. The lowest BCUT2D eigenvalue weighted by Crippen LogP contribution is -2.33. The number of nitrogens with zero attached hydrogens (tertiary/aromatic N) is 1.